The quantitative estimate of drug-likeness (QED) is 0.0277. The molecular formula is C40H80N4O. The van der Waals surface area contributed by atoms with Crippen LogP contribution in [0.5, 0.6) is 0 Å². The van der Waals surface area contributed by atoms with Crippen LogP contribution in [0.1, 0.15) is 226 Å². The minimum Gasteiger partial charge on any atom is -0.370 e. The lowest BCUT2D eigenvalue weighted by molar-refractivity contribution is -0.119. The van der Waals surface area contributed by atoms with Crippen molar-refractivity contribution in [3.05, 3.63) is 12.2 Å². The van der Waals surface area contributed by atoms with Crippen LogP contribution in [0.4, 0.5) is 0 Å². The van der Waals surface area contributed by atoms with Gasteiger partial charge >= 0.3 is 0 Å². The number of carbonyl (C=O) groups is 1. The van der Waals surface area contributed by atoms with Crippen molar-refractivity contribution < 1.29 is 4.79 Å². The number of amides is 1. The lowest BCUT2D eigenvalue weighted by atomic mass is 9.83. The standard InChI is InChI=1S/C40H80N4O/c1-3-5-7-9-11-13-15-17-19-21-23-25-27-29-31-33-35-40(37-38(41)45,44-39(42)43)36-34-32-30-28-26-24-22-20-18-16-14-12-10-8-6-4-2/h17,19H,3-16,18,20-37H2,1-2H3,(H2,41,45)(H4,42,43,44). The molecule has 1 amide bonds. The van der Waals surface area contributed by atoms with Crippen LogP contribution in [0.15, 0.2) is 17.1 Å². The molecule has 0 bridgehead atoms. The highest BCUT2D eigenvalue weighted by Gasteiger charge is 2.31. The summed E-state index contributed by atoms with van der Waals surface area (Å²) in [5.74, 6) is -0.224. The summed E-state index contributed by atoms with van der Waals surface area (Å²) in [5.41, 5.74) is 16.8. The fourth-order valence-corrected chi connectivity index (χ4v) is 6.76. The van der Waals surface area contributed by atoms with Crippen molar-refractivity contribution in [3.63, 3.8) is 0 Å². The monoisotopic (exact) mass is 633 g/mol. The number of unbranched alkanes of at least 4 members (excludes halogenated alkanes) is 27. The molecule has 0 aromatic rings. The van der Waals surface area contributed by atoms with Crippen molar-refractivity contribution in [2.45, 2.75) is 231 Å². The molecule has 0 aromatic heterocycles. The van der Waals surface area contributed by atoms with Crippen LogP contribution in [-0.2, 0) is 4.79 Å². The molecule has 0 saturated carbocycles. The van der Waals surface area contributed by atoms with E-state index in [1.807, 2.05) is 0 Å². The van der Waals surface area contributed by atoms with Crippen LogP contribution >= 0.6 is 0 Å². The summed E-state index contributed by atoms with van der Waals surface area (Å²) in [4.78, 5) is 16.6. The Morgan fingerprint density at radius 3 is 1.04 bits per heavy atom. The van der Waals surface area contributed by atoms with Gasteiger partial charge in [-0.15, -0.1) is 0 Å². The molecule has 0 rings (SSSR count). The third-order valence-corrected chi connectivity index (χ3v) is 9.52. The highest BCUT2D eigenvalue weighted by atomic mass is 16.1. The van der Waals surface area contributed by atoms with E-state index in [1.54, 1.807) is 0 Å². The van der Waals surface area contributed by atoms with Crippen LogP contribution in [-0.4, -0.2) is 17.4 Å². The smallest absolute Gasteiger partial charge is 0.219 e. The Kier molecular flexibility index (Phi) is 32.7. The van der Waals surface area contributed by atoms with Gasteiger partial charge in [0.25, 0.3) is 0 Å². The van der Waals surface area contributed by atoms with Gasteiger partial charge in [0.2, 0.25) is 5.91 Å². The summed E-state index contributed by atoms with van der Waals surface area (Å²) in [6.07, 6.45) is 46.3. The van der Waals surface area contributed by atoms with Crippen molar-refractivity contribution in [1.29, 1.82) is 0 Å². The molecular weight excluding hydrogens is 552 g/mol. The number of aliphatic imine (C=N–C) groups is 1. The topological polar surface area (TPSA) is 107 Å². The minimum atomic E-state index is -0.526. The van der Waals surface area contributed by atoms with Crippen LogP contribution in [0.25, 0.3) is 0 Å². The van der Waals surface area contributed by atoms with Crippen molar-refractivity contribution >= 4 is 11.9 Å². The van der Waals surface area contributed by atoms with Gasteiger partial charge in [0.15, 0.2) is 5.96 Å². The second-order valence-corrected chi connectivity index (χ2v) is 14.1. The first-order valence-electron chi connectivity index (χ1n) is 20.0. The number of carbonyl (C=O) groups excluding carboxylic acids is 1. The first-order valence-corrected chi connectivity index (χ1v) is 20.0. The number of nitrogens with two attached hydrogens (primary N) is 3. The number of rotatable bonds is 36. The molecule has 0 aliphatic rings. The summed E-state index contributed by atoms with van der Waals surface area (Å²) in [5, 5.41) is 0. The van der Waals surface area contributed by atoms with E-state index in [2.05, 4.69) is 31.0 Å². The maximum atomic E-state index is 12.0. The van der Waals surface area contributed by atoms with Gasteiger partial charge in [0, 0.05) is 0 Å². The molecule has 0 radical (unpaired) electrons. The molecule has 0 saturated heterocycles. The molecule has 5 heteroatoms. The Morgan fingerprint density at radius 2 is 0.756 bits per heavy atom. The van der Waals surface area contributed by atoms with E-state index in [0.717, 1.165) is 32.1 Å². The fraction of sp³-hybridized carbons (Fsp3) is 0.900. The van der Waals surface area contributed by atoms with E-state index in [1.165, 1.54) is 173 Å². The third-order valence-electron chi connectivity index (χ3n) is 9.52. The van der Waals surface area contributed by atoms with E-state index in [0.29, 0.717) is 0 Å². The lowest BCUT2D eigenvalue weighted by Gasteiger charge is -2.29. The van der Waals surface area contributed by atoms with E-state index in [9.17, 15) is 4.79 Å². The molecule has 1 atom stereocenters. The van der Waals surface area contributed by atoms with E-state index in [4.69, 9.17) is 17.2 Å². The highest BCUT2D eigenvalue weighted by Crippen LogP contribution is 2.31. The first kappa shape index (κ1) is 43.5. The normalized spacial score (nSPS) is 12.9. The molecule has 5 nitrogen and oxygen atoms in total. The Labute approximate surface area is 281 Å². The predicted molar refractivity (Wildman–Crippen MR) is 201 cm³/mol. The number of guanidine groups is 1. The van der Waals surface area contributed by atoms with Gasteiger partial charge in [0.05, 0.1) is 12.0 Å². The Balaban J connectivity index is 4.03. The van der Waals surface area contributed by atoms with Gasteiger partial charge in [-0.3, -0.25) is 4.79 Å². The van der Waals surface area contributed by atoms with Gasteiger partial charge < -0.3 is 17.2 Å². The van der Waals surface area contributed by atoms with E-state index < -0.39 is 5.54 Å². The van der Waals surface area contributed by atoms with Crippen LogP contribution in [0.3, 0.4) is 0 Å². The average molecular weight is 633 g/mol. The number of primary amides is 1. The molecule has 6 N–H and O–H groups in total. The summed E-state index contributed by atoms with van der Waals surface area (Å²) in [7, 11) is 0. The average Bonchev–Trinajstić information content (AvgIpc) is 3.00. The zero-order valence-electron chi connectivity index (χ0n) is 30.6. The number of allylic oxidation sites excluding steroid dienone is 2. The minimum absolute atomic E-state index is 0.0808. The van der Waals surface area contributed by atoms with Crippen LogP contribution in [0.2, 0.25) is 0 Å². The van der Waals surface area contributed by atoms with Crippen LogP contribution in [0, 0.1) is 0 Å². The Hall–Kier alpha value is -1.52. The molecule has 1 unspecified atom stereocenters. The van der Waals surface area contributed by atoms with Crippen LogP contribution < -0.4 is 17.2 Å². The largest absolute Gasteiger partial charge is 0.370 e. The molecule has 0 heterocycles. The zero-order valence-corrected chi connectivity index (χ0v) is 30.6. The molecule has 0 aliphatic heterocycles. The molecule has 0 aromatic carbocycles. The fourth-order valence-electron chi connectivity index (χ4n) is 6.76. The van der Waals surface area contributed by atoms with Crippen molar-refractivity contribution in [2.24, 2.45) is 22.2 Å². The van der Waals surface area contributed by atoms with Gasteiger partial charge in [-0.05, 0) is 38.5 Å². The maximum Gasteiger partial charge on any atom is 0.219 e. The molecule has 0 aliphatic carbocycles. The number of hydrogen-bond acceptors (Lipinski definition) is 2. The molecule has 45 heavy (non-hydrogen) atoms. The lowest BCUT2D eigenvalue weighted by Crippen LogP contribution is -2.37. The second-order valence-electron chi connectivity index (χ2n) is 14.1. The second kappa shape index (κ2) is 33.8. The van der Waals surface area contributed by atoms with Crippen molar-refractivity contribution in [1.82, 2.24) is 0 Å². The maximum absolute atomic E-state index is 12.0. The van der Waals surface area contributed by atoms with E-state index >= 15 is 0 Å². The highest BCUT2D eigenvalue weighted by molar-refractivity contribution is 5.78. The Bertz CT molecular complexity index is 688. The molecule has 0 fully saturated rings. The first-order chi connectivity index (χ1) is 22.0. The number of hydrogen-bond donors (Lipinski definition) is 3. The van der Waals surface area contributed by atoms with Gasteiger partial charge in [-0.1, -0.05) is 193 Å². The summed E-state index contributed by atoms with van der Waals surface area (Å²) in [6, 6.07) is 0. The summed E-state index contributed by atoms with van der Waals surface area (Å²) < 4.78 is 0. The van der Waals surface area contributed by atoms with Crippen molar-refractivity contribution in [3.8, 4) is 0 Å². The predicted octanol–water partition coefficient (Wildman–Crippen LogP) is 12.0. The van der Waals surface area contributed by atoms with Gasteiger partial charge in [0.1, 0.15) is 0 Å². The zero-order chi connectivity index (χ0) is 33.1. The van der Waals surface area contributed by atoms with Gasteiger partial charge in [-0.25, -0.2) is 4.99 Å². The summed E-state index contributed by atoms with van der Waals surface area (Å²) >= 11 is 0. The van der Waals surface area contributed by atoms with Gasteiger partial charge in [-0.2, -0.15) is 0 Å². The molecule has 0 spiro atoms. The summed E-state index contributed by atoms with van der Waals surface area (Å²) in [6.45, 7) is 4.56. The van der Waals surface area contributed by atoms with E-state index in [-0.39, 0.29) is 18.3 Å². The Morgan fingerprint density at radius 1 is 0.467 bits per heavy atom. The third kappa shape index (κ3) is 32.2. The number of nitrogens with zero attached hydrogens (tertiary/aromatic N) is 1. The SMILES string of the molecule is CCCCCCCCC=CCCCCCCCCC(CCCCCCCCCCCCCCCCCC)(CC(N)=O)N=C(N)N. The molecule has 266 valence electrons. The van der Waals surface area contributed by atoms with Crippen molar-refractivity contribution in [2.75, 3.05) is 0 Å².